The first-order chi connectivity index (χ1) is 10.2. The molecule has 108 valence electrons. The van der Waals surface area contributed by atoms with Gasteiger partial charge in [0.2, 0.25) is 5.60 Å². The molecule has 1 heterocycles. The lowest BCUT2D eigenvalue weighted by Gasteiger charge is -2.30. The first-order valence-corrected chi connectivity index (χ1v) is 6.95. The standard InChI is InChI=1S/C17H17NO3/c19-16-17(20,14-7-3-1-4-8-14)13-18(11-12-21-16)15-9-5-2-6-10-15/h1-10,20H,11-13H2/t17-/m0/s1. The number of benzene rings is 2. The molecular formula is C17H17NO3. The van der Waals surface area contributed by atoms with Crippen molar-refractivity contribution in [3.05, 3.63) is 66.2 Å². The Morgan fingerprint density at radius 1 is 1.00 bits per heavy atom. The fraction of sp³-hybridized carbons (Fsp3) is 0.235. The van der Waals surface area contributed by atoms with Gasteiger partial charge in [-0.15, -0.1) is 0 Å². The van der Waals surface area contributed by atoms with E-state index in [1.807, 2.05) is 41.3 Å². The van der Waals surface area contributed by atoms with E-state index in [0.29, 0.717) is 12.1 Å². The highest BCUT2D eigenvalue weighted by Crippen LogP contribution is 2.28. The van der Waals surface area contributed by atoms with E-state index in [9.17, 15) is 9.90 Å². The number of aliphatic hydroxyl groups is 1. The van der Waals surface area contributed by atoms with Gasteiger partial charge in [0.05, 0.1) is 13.1 Å². The van der Waals surface area contributed by atoms with E-state index >= 15 is 0 Å². The fourth-order valence-electron chi connectivity index (χ4n) is 2.57. The Bertz CT molecular complexity index is 614. The maximum atomic E-state index is 12.2. The molecule has 0 aliphatic carbocycles. The third-order valence-corrected chi connectivity index (χ3v) is 3.72. The predicted octanol–water partition coefficient (Wildman–Crippen LogP) is 1.94. The summed E-state index contributed by atoms with van der Waals surface area (Å²) in [5.41, 5.74) is -0.129. The summed E-state index contributed by atoms with van der Waals surface area (Å²) in [5.74, 6) is -0.591. The highest BCUT2D eigenvalue weighted by molar-refractivity contribution is 5.82. The van der Waals surface area contributed by atoms with Crippen LogP contribution in [0.15, 0.2) is 60.7 Å². The molecule has 4 nitrogen and oxygen atoms in total. The number of β-amino-alcohol motifs (C(OH)–C–C–N with tert-alkyl or cyclic N) is 1. The number of carbonyl (C=O) groups excluding carboxylic acids is 1. The second kappa shape index (κ2) is 5.58. The number of ether oxygens (including phenoxy) is 1. The van der Waals surface area contributed by atoms with E-state index in [4.69, 9.17) is 4.74 Å². The Kier molecular flexibility index (Phi) is 3.62. The summed E-state index contributed by atoms with van der Waals surface area (Å²) >= 11 is 0. The molecule has 3 rings (SSSR count). The minimum atomic E-state index is -1.65. The van der Waals surface area contributed by atoms with Crippen LogP contribution in [0.25, 0.3) is 0 Å². The summed E-state index contributed by atoms with van der Waals surface area (Å²) in [6.45, 7) is 1.01. The second-order valence-electron chi connectivity index (χ2n) is 5.12. The Hall–Kier alpha value is -2.33. The van der Waals surface area contributed by atoms with Crippen molar-refractivity contribution < 1.29 is 14.6 Å². The summed E-state index contributed by atoms with van der Waals surface area (Å²) in [6.07, 6.45) is 0. The van der Waals surface area contributed by atoms with E-state index in [2.05, 4.69) is 0 Å². The average Bonchev–Trinajstić information content (AvgIpc) is 2.69. The summed E-state index contributed by atoms with van der Waals surface area (Å²) in [4.78, 5) is 14.2. The Morgan fingerprint density at radius 3 is 2.29 bits per heavy atom. The van der Waals surface area contributed by atoms with Gasteiger partial charge in [-0.1, -0.05) is 48.5 Å². The molecule has 1 atom stereocenters. The minimum Gasteiger partial charge on any atom is -0.461 e. The molecular weight excluding hydrogens is 266 g/mol. The van der Waals surface area contributed by atoms with Crippen molar-refractivity contribution in [2.75, 3.05) is 24.6 Å². The average molecular weight is 283 g/mol. The highest BCUT2D eigenvalue weighted by Gasteiger charge is 2.43. The van der Waals surface area contributed by atoms with Crippen LogP contribution in [-0.2, 0) is 15.1 Å². The molecule has 0 unspecified atom stereocenters. The molecule has 0 amide bonds. The molecule has 1 N–H and O–H groups in total. The van der Waals surface area contributed by atoms with Gasteiger partial charge in [0.1, 0.15) is 6.61 Å². The van der Waals surface area contributed by atoms with E-state index in [1.165, 1.54) is 0 Å². The summed E-state index contributed by atoms with van der Waals surface area (Å²) in [6, 6.07) is 18.7. The second-order valence-corrected chi connectivity index (χ2v) is 5.12. The van der Waals surface area contributed by atoms with Crippen molar-refractivity contribution >= 4 is 11.7 Å². The van der Waals surface area contributed by atoms with Crippen LogP contribution >= 0.6 is 0 Å². The van der Waals surface area contributed by atoms with Gasteiger partial charge in [-0.2, -0.15) is 0 Å². The zero-order chi connectivity index (χ0) is 14.7. The quantitative estimate of drug-likeness (QED) is 0.856. The van der Waals surface area contributed by atoms with Crippen LogP contribution in [-0.4, -0.2) is 30.8 Å². The van der Waals surface area contributed by atoms with Crippen LogP contribution in [0.5, 0.6) is 0 Å². The molecule has 1 fully saturated rings. The Labute approximate surface area is 123 Å². The zero-order valence-corrected chi connectivity index (χ0v) is 11.6. The number of para-hydroxylation sites is 1. The molecule has 0 radical (unpaired) electrons. The molecule has 4 heteroatoms. The van der Waals surface area contributed by atoms with Crippen molar-refractivity contribution in [3.63, 3.8) is 0 Å². The molecule has 2 aromatic rings. The van der Waals surface area contributed by atoms with E-state index < -0.39 is 11.6 Å². The van der Waals surface area contributed by atoms with Crippen LogP contribution in [0.1, 0.15) is 5.56 Å². The summed E-state index contributed by atoms with van der Waals surface area (Å²) in [5, 5.41) is 10.9. The molecule has 1 saturated heterocycles. The van der Waals surface area contributed by atoms with Crippen molar-refractivity contribution in [1.29, 1.82) is 0 Å². The van der Waals surface area contributed by atoms with Crippen molar-refractivity contribution in [1.82, 2.24) is 0 Å². The normalized spacial score (nSPS) is 22.5. The maximum absolute atomic E-state index is 12.2. The fourth-order valence-corrected chi connectivity index (χ4v) is 2.57. The molecule has 1 aliphatic rings. The zero-order valence-electron chi connectivity index (χ0n) is 11.6. The Morgan fingerprint density at radius 2 is 1.62 bits per heavy atom. The number of cyclic esters (lactones) is 1. The lowest BCUT2D eigenvalue weighted by atomic mass is 9.93. The summed E-state index contributed by atoms with van der Waals surface area (Å²) in [7, 11) is 0. The van der Waals surface area contributed by atoms with E-state index in [1.54, 1.807) is 24.3 Å². The number of nitrogens with zero attached hydrogens (tertiary/aromatic N) is 1. The van der Waals surface area contributed by atoms with Gasteiger partial charge < -0.3 is 14.7 Å². The molecule has 1 aliphatic heterocycles. The first kappa shape index (κ1) is 13.6. The Balaban J connectivity index is 1.97. The van der Waals surface area contributed by atoms with Crippen LogP contribution < -0.4 is 4.90 Å². The number of carbonyl (C=O) groups is 1. The number of anilines is 1. The smallest absolute Gasteiger partial charge is 0.344 e. The van der Waals surface area contributed by atoms with Gasteiger partial charge in [-0.3, -0.25) is 0 Å². The van der Waals surface area contributed by atoms with Gasteiger partial charge >= 0.3 is 5.97 Å². The van der Waals surface area contributed by atoms with Gasteiger partial charge in [-0.05, 0) is 17.7 Å². The van der Waals surface area contributed by atoms with Crippen LogP contribution in [0.4, 0.5) is 5.69 Å². The minimum absolute atomic E-state index is 0.180. The lowest BCUT2D eigenvalue weighted by molar-refractivity contribution is -0.163. The number of rotatable bonds is 2. The third kappa shape index (κ3) is 2.62. The first-order valence-electron chi connectivity index (χ1n) is 6.95. The largest absolute Gasteiger partial charge is 0.461 e. The lowest BCUT2D eigenvalue weighted by Crippen LogP contribution is -2.45. The predicted molar refractivity (Wildman–Crippen MR) is 80.0 cm³/mol. The van der Waals surface area contributed by atoms with Gasteiger partial charge in [0.25, 0.3) is 0 Å². The van der Waals surface area contributed by atoms with Crippen LogP contribution in [0, 0.1) is 0 Å². The van der Waals surface area contributed by atoms with Crippen molar-refractivity contribution in [3.8, 4) is 0 Å². The van der Waals surface area contributed by atoms with E-state index in [-0.39, 0.29) is 13.2 Å². The SMILES string of the molecule is O=C1OCCN(c2ccccc2)C[C@]1(O)c1ccccc1. The number of hydrogen-bond donors (Lipinski definition) is 1. The maximum Gasteiger partial charge on any atom is 0.344 e. The molecule has 0 aromatic heterocycles. The number of esters is 1. The number of hydrogen-bond acceptors (Lipinski definition) is 4. The van der Waals surface area contributed by atoms with Crippen LogP contribution in [0.3, 0.4) is 0 Å². The van der Waals surface area contributed by atoms with Crippen molar-refractivity contribution in [2.24, 2.45) is 0 Å². The van der Waals surface area contributed by atoms with Gasteiger partial charge in [0.15, 0.2) is 0 Å². The van der Waals surface area contributed by atoms with Crippen molar-refractivity contribution in [2.45, 2.75) is 5.60 Å². The molecule has 0 spiro atoms. The third-order valence-electron chi connectivity index (χ3n) is 3.72. The molecule has 0 bridgehead atoms. The highest BCUT2D eigenvalue weighted by atomic mass is 16.6. The summed E-state index contributed by atoms with van der Waals surface area (Å²) < 4.78 is 5.19. The molecule has 0 saturated carbocycles. The molecule has 21 heavy (non-hydrogen) atoms. The monoisotopic (exact) mass is 283 g/mol. The van der Waals surface area contributed by atoms with Crippen LogP contribution in [0.2, 0.25) is 0 Å². The molecule has 2 aromatic carbocycles. The topological polar surface area (TPSA) is 49.8 Å². The van der Waals surface area contributed by atoms with E-state index in [0.717, 1.165) is 5.69 Å². The van der Waals surface area contributed by atoms with Gasteiger partial charge in [0, 0.05) is 5.69 Å². The van der Waals surface area contributed by atoms with Gasteiger partial charge in [-0.25, -0.2) is 4.79 Å².